The Balaban J connectivity index is 1.93. The molecule has 1 aliphatic heterocycles. The molecule has 0 bridgehead atoms. The van der Waals surface area contributed by atoms with E-state index < -0.39 is 0 Å². The van der Waals surface area contributed by atoms with E-state index in [1.165, 1.54) is 0 Å². The Labute approximate surface area is 110 Å². The first-order valence-electron chi connectivity index (χ1n) is 5.78. The number of nitrogens with zero attached hydrogens (tertiary/aromatic N) is 1. The van der Waals surface area contributed by atoms with Crippen LogP contribution in [0.15, 0.2) is 28.7 Å². The summed E-state index contributed by atoms with van der Waals surface area (Å²) < 4.78 is 6.44. The number of likely N-dealkylation sites (N-methyl/N-ethyl adjacent to an activating group) is 1. The first-order valence-corrected chi connectivity index (χ1v) is 6.57. The molecule has 3 nitrogen and oxygen atoms in total. The van der Waals surface area contributed by atoms with Crippen molar-refractivity contribution in [2.75, 3.05) is 13.7 Å². The normalized spacial score (nSPS) is 19.3. The predicted octanol–water partition coefficient (Wildman–Crippen LogP) is 2.59. The minimum atomic E-state index is -0.226. The molecule has 1 fully saturated rings. The number of benzene rings is 1. The molecule has 1 heterocycles. The van der Waals surface area contributed by atoms with E-state index in [0.29, 0.717) is 13.2 Å². The van der Waals surface area contributed by atoms with Gasteiger partial charge >= 0.3 is 0 Å². The zero-order valence-corrected chi connectivity index (χ0v) is 11.4. The second-order valence-electron chi connectivity index (χ2n) is 4.32. The molecule has 4 heteroatoms. The van der Waals surface area contributed by atoms with E-state index >= 15 is 0 Å². The molecule has 0 aromatic heterocycles. The number of carbonyl (C=O) groups is 1. The zero-order valence-electron chi connectivity index (χ0n) is 9.86. The monoisotopic (exact) mass is 297 g/mol. The lowest BCUT2D eigenvalue weighted by molar-refractivity contribution is -0.140. The number of hydrogen-bond acceptors (Lipinski definition) is 2. The summed E-state index contributed by atoms with van der Waals surface area (Å²) in [6, 6.07) is 8.01. The number of rotatable bonds is 3. The van der Waals surface area contributed by atoms with E-state index in [-0.39, 0.29) is 12.0 Å². The summed E-state index contributed by atoms with van der Waals surface area (Å²) >= 11 is 3.39. The molecule has 0 N–H and O–H groups in total. The fourth-order valence-corrected chi connectivity index (χ4v) is 2.22. The van der Waals surface area contributed by atoms with Gasteiger partial charge in [0.05, 0.1) is 0 Å². The van der Waals surface area contributed by atoms with Gasteiger partial charge in [-0.2, -0.15) is 0 Å². The lowest BCUT2D eigenvalue weighted by Crippen LogP contribution is -2.35. The maximum absolute atomic E-state index is 12.0. The van der Waals surface area contributed by atoms with Crippen LogP contribution in [-0.2, 0) is 16.1 Å². The Morgan fingerprint density at radius 3 is 2.76 bits per heavy atom. The Morgan fingerprint density at radius 2 is 2.18 bits per heavy atom. The van der Waals surface area contributed by atoms with Crippen molar-refractivity contribution in [3.8, 4) is 0 Å². The van der Waals surface area contributed by atoms with Crippen LogP contribution in [0, 0.1) is 0 Å². The van der Waals surface area contributed by atoms with E-state index in [1.54, 1.807) is 4.90 Å². The van der Waals surface area contributed by atoms with Crippen molar-refractivity contribution in [1.82, 2.24) is 4.90 Å². The standard InChI is InChI=1S/C13H16BrNO2/c1-15(13(16)12-3-2-8-17-12)9-10-4-6-11(14)7-5-10/h4-7,12H,2-3,8-9H2,1H3/t12-/m1/s1. The van der Waals surface area contributed by atoms with E-state index in [9.17, 15) is 4.79 Å². The van der Waals surface area contributed by atoms with Crippen molar-refractivity contribution in [3.63, 3.8) is 0 Å². The van der Waals surface area contributed by atoms with Crippen molar-refractivity contribution in [3.05, 3.63) is 34.3 Å². The molecule has 1 aliphatic rings. The van der Waals surface area contributed by atoms with Gasteiger partial charge < -0.3 is 9.64 Å². The maximum Gasteiger partial charge on any atom is 0.251 e. The van der Waals surface area contributed by atoms with Gasteiger partial charge in [-0.15, -0.1) is 0 Å². The highest BCUT2D eigenvalue weighted by Crippen LogP contribution is 2.16. The van der Waals surface area contributed by atoms with Crippen molar-refractivity contribution < 1.29 is 9.53 Å². The van der Waals surface area contributed by atoms with Crippen molar-refractivity contribution in [2.45, 2.75) is 25.5 Å². The smallest absolute Gasteiger partial charge is 0.251 e. The molecular weight excluding hydrogens is 282 g/mol. The van der Waals surface area contributed by atoms with Gasteiger partial charge in [-0.05, 0) is 30.5 Å². The average Bonchev–Trinajstić information content (AvgIpc) is 2.84. The summed E-state index contributed by atoms with van der Waals surface area (Å²) in [5, 5.41) is 0. The molecule has 1 saturated heterocycles. The molecule has 0 radical (unpaired) electrons. The molecule has 92 valence electrons. The molecular formula is C13H16BrNO2. The largest absolute Gasteiger partial charge is 0.368 e. The molecule has 0 unspecified atom stereocenters. The maximum atomic E-state index is 12.0. The van der Waals surface area contributed by atoms with Crippen molar-refractivity contribution in [1.29, 1.82) is 0 Å². The van der Waals surface area contributed by atoms with Crippen LogP contribution in [0.5, 0.6) is 0 Å². The summed E-state index contributed by atoms with van der Waals surface area (Å²) in [5.41, 5.74) is 1.13. The van der Waals surface area contributed by atoms with E-state index in [4.69, 9.17) is 4.74 Å². The van der Waals surface area contributed by atoms with Gasteiger partial charge in [-0.1, -0.05) is 28.1 Å². The average molecular weight is 298 g/mol. The Hall–Kier alpha value is -0.870. The third-order valence-corrected chi connectivity index (χ3v) is 3.44. The lowest BCUT2D eigenvalue weighted by atomic mass is 10.2. The SMILES string of the molecule is CN(Cc1ccc(Br)cc1)C(=O)[C@H]1CCCO1. The Kier molecular flexibility index (Phi) is 4.18. The second-order valence-corrected chi connectivity index (χ2v) is 5.24. The van der Waals surface area contributed by atoms with Gasteiger partial charge in [-0.3, -0.25) is 4.79 Å². The van der Waals surface area contributed by atoms with Gasteiger partial charge in [0.25, 0.3) is 5.91 Å². The highest BCUT2D eigenvalue weighted by atomic mass is 79.9. The van der Waals surface area contributed by atoms with Gasteiger partial charge in [-0.25, -0.2) is 0 Å². The van der Waals surface area contributed by atoms with Gasteiger partial charge in [0, 0.05) is 24.7 Å². The fourth-order valence-electron chi connectivity index (χ4n) is 1.96. The zero-order chi connectivity index (χ0) is 12.3. The summed E-state index contributed by atoms with van der Waals surface area (Å²) in [4.78, 5) is 13.7. The van der Waals surface area contributed by atoms with Crippen molar-refractivity contribution in [2.24, 2.45) is 0 Å². The summed E-state index contributed by atoms with van der Waals surface area (Å²) in [6.45, 7) is 1.34. The van der Waals surface area contributed by atoms with Crippen LogP contribution in [-0.4, -0.2) is 30.6 Å². The molecule has 2 rings (SSSR count). The summed E-state index contributed by atoms with van der Waals surface area (Å²) in [5.74, 6) is 0.0884. The third kappa shape index (κ3) is 3.30. The summed E-state index contributed by atoms with van der Waals surface area (Å²) in [7, 11) is 1.83. The van der Waals surface area contributed by atoms with E-state index in [0.717, 1.165) is 22.9 Å². The van der Waals surface area contributed by atoms with Crippen LogP contribution in [0.25, 0.3) is 0 Å². The highest BCUT2D eigenvalue weighted by molar-refractivity contribution is 9.10. The van der Waals surface area contributed by atoms with Crippen LogP contribution < -0.4 is 0 Å². The van der Waals surface area contributed by atoms with Crippen LogP contribution in [0.1, 0.15) is 18.4 Å². The van der Waals surface area contributed by atoms with Crippen LogP contribution in [0.4, 0.5) is 0 Å². The van der Waals surface area contributed by atoms with Gasteiger partial charge in [0.1, 0.15) is 6.10 Å². The third-order valence-electron chi connectivity index (χ3n) is 2.91. The first kappa shape index (κ1) is 12.6. The first-order chi connectivity index (χ1) is 8.16. The van der Waals surface area contributed by atoms with Crippen molar-refractivity contribution >= 4 is 21.8 Å². The van der Waals surface area contributed by atoms with Crippen LogP contribution in [0.2, 0.25) is 0 Å². The van der Waals surface area contributed by atoms with Gasteiger partial charge in [0.15, 0.2) is 0 Å². The topological polar surface area (TPSA) is 29.5 Å². The predicted molar refractivity (Wildman–Crippen MR) is 69.6 cm³/mol. The molecule has 0 spiro atoms. The summed E-state index contributed by atoms with van der Waals surface area (Å²) in [6.07, 6.45) is 1.61. The highest BCUT2D eigenvalue weighted by Gasteiger charge is 2.26. The van der Waals surface area contributed by atoms with E-state index in [2.05, 4.69) is 15.9 Å². The molecule has 1 amide bonds. The number of carbonyl (C=O) groups excluding carboxylic acids is 1. The molecule has 1 atom stereocenters. The van der Waals surface area contributed by atoms with E-state index in [1.807, 2.05) is 31.3 Å². The molecule has 17 heavy (non-hydrogen) atoms. The number of ether oxygens (including phenoxy) is 1. The fraction of sp³-hybridized carbons (Fsp3) is 0.462. The molecule has 0 saturated carbocycles. The van der Waals surface area contributed by atoms with Crippen LogP contribution >= 0.6 is 15.9 Å². The second kappa shape index (κ2) is 5.65. The Bertz CT molecular complexity index is 385. The molecule has 1 aromatic rings. The quantitative estimate of drug-likeness (QED) is 0.858. The Morgan fingerprint density at radius 1 is 1.47 bits per heavy atom. The van der Waals surface area contributed by atoms with Gasteiger partial charge in [0.2, 0.25) is 0 Å². The number of halogens is 1. The van der Waals surface area contributed by atoms with Crippen LogP contribution in [0.3, 0.4) is 0 Å². The lowest BCUT2D eigenvalue weighted by Gasteiger charge is -2.20. The minimum Gasteiger partial charge on any atom is -0.368 e. The molecule has 0 aliphatic carbocycles. The number of amides is 1. The number of hydrogen-bond donors (Lipinski definition) is 0. The molecule has 1 aromatic carbocycles. The minimum absolute atomic E-state index is 0.0884.